The number of nitro groups is 1. The van der Waals surface area contributed by atoms with Crippen molar-refractivity contribution < 1.29 is 9.72 Å². The van der Waals surface area contributed by atoms with Crippen LogP contribution in [0.15, 0.2) is 48.5 Å². The number of amides is 1. The average molecular weight is 285 g/mol. The third kappa shape index (κ3) is 4.31. The summed E-state index contributed by atoms with van der Waals surface area (Å²) in [6, 6.07) is 13.2. The van der Waals surface area contributed by atoms with Crippen LogP contribution >= 0.6 is 0 Å². The molecule has 0 heterocycles. The molecule has 2 aromatic rings. The summed E-state index contributed by atoms with van der Waals surface area (Å²) >= 11 is 0. The second-order valence-corrected chi connectivity index (χ2v) is 4.60. The van der Waals surface area contributed by atoms with Gasteiger partial charge in [0.15, 0.2) is 0 Å². The lowest BCUT2D eigenvalue weighted by Crippen LogP contribution is -2.12. The van der Waals surface area contributed by atoms with E-state index in [1.807, 2.05) is 12.1 Å². The number of aryl methyl sites for hydroxylation is 1. The minimum Gasteiger partial charge on any atom is -0.399 e. The van der Waals surface area contributed by atoms with Gasteiger partial charge in [-0.25, -0.2) is 0 Å². The molecule has 0 radical (unpaired) electrons. The number of non-ortho nitro benzene ring substituents is 1. The predicted molar refractivity (Wildman–Crippen MR) is 80.9 cm³/mol. The van der Waals surface area contributed by atoms with Crippen molar-refractivity contribution in [3.05, 3.63) is 64.2 Å². The molecule has 0 atom stereocenters. The Bertz CT molecular complexity index is 653. The van der Waals surface area contributed by atoms with E-state index in [0.29, 0.717) is 24.2 Å². The Morgan fingerprint density at radius 1 is 1.19 bits per heavy atom. The fourth-order valence-electron chi connectivity index (χ4n) is 1.86. The van der Waals surface area contributed by atoms with Crippen LogP contribution in [0.25, 0.3) is 0 Å². The number of carbonyl (C=O) groups excluding carboxylic acids is 1. The third-order valence-electron chi connectivity index (χ3n) is 2.96. The number of rotatable bonds is 5. The molecule has 3 N–H and O–H groups in total. The van der Waals surface area contributed by atoms with E-state index in [2.05, 4.69) is 5.32 Å². The van der Waals surface area contributed by atoms with Gasteiger partial charge in [-0.2, -0.15) is 0 Å². The number of nitrogen functional groups attached to an aromatic ring is 1. The minimum absolute atomic E-state index is 0.0497. The Morgan fingerprint density at radius 3 is 2.57 bits per heavy atom. The SMILES string of the molecule is Nc1ccc(CCC(=O)Nc2cccc([N+](=O)[O-])c2)cc1. The first-order chi connectivity index (χ1) is 10.0. The molecule has 0 aliphatic carbocycles. The van der Waals surface area contributed by atoms with Crippen LogP contribution in [0, 0.1) is 10.1 Å². The lowest BCUT2D eigenvalue weighted by molar-refractivity contribution is -0.384. The van der Waals surface area contributed by atoms with Crippen LogP contribution < -0.4 is 11.1 Å². The van der Waals surface area contributed by atoms with Gasteiger partial charge in [-0.15, -0.1) is 0 Å². The number of hydrogen-bond acceptors (Lipinski definition) is 4. The molecule has 6 nitrogen and oxygen atoms in total. The van der Waals surface area contributed by atoms with Crippen LogP contribution in [0.3, 0.4) is 0 Å². The third-order valence-corrected chi connectivity index (χ3v) is 2.96. The van der Waals surface area contributed by atoms with E-state index in [1.165, 1.54) is 18.2 Å². The first-order valence-corrected chi connectivity index (χ1v) is 6.43. The largest absolute Gasteiger partial charge is 0.399 e. The molecule has 0 aliphatic rings. The molecule has 6 heteroatoms. The summed E-state index contributed by atoms with van der Waals surface area (Å²) in [6.07, 6.45) is 0.883. The van der Waals surface area contributed by atoms with E-state index >= 15 is 0 Å². The molecule has 0 fully saturated rings. The van der Waals surface area contributed by atoms with Crippen molar-refractivity contribution in [1.29, 1.82) is 0 Å². The second-order valence-electron chi connectivity index (χ2n) is 4.60. The maximum Gasteiger partial charge on any atom is 0.271 e. The Morgan fingerprint density at radius 2 is 1.90 bits per heavy atom. The van der Waals surface area contributed by atoms with Crippen molar-refractivity contribution in [3.8, 4) is 0 Å². The van der Waals surface area contributed by atoms with Crippen LogP contribution in [0.2, 0.25) is 0 Å². The smallest absolute Gasteiger partial charge is 0.271 e. The predicted octanol–water partition coefficient (Wildman–Crippen LogP) is 2.75. The molecule has 1 amide bonds. The van der Waals surface area contributed by atoms with Gasteiger partial charge < -0.3 is 11.1 Å². The van der Waals surface area contributed by atoms with Crippen LogP contribution in [0.1, 0.15) is 12.0 Å². The monoisotopic (exact) mass is 285 g/mol. The van der Waals surface area contributed by atoms with E-state index in [0.717, 1.165) is 5.56 Å². The van der Waals surface area contributed by atoms with E-state index < -0.39 is 4.92 Å². The van der Waals surface area contributed by atoms with Crippen molar-refractivity contribution >= 4 is 23.0 Å². The fourth-order valence-corrected chi connectivity index (χ4v) is 1.86. The summed E-state index contributed by atoms with van der Waals surface area (Å²) in [5.74, 6) is -0.188. The maximum atomic E-state index is 11.8. The quantitative estimate of drug-likeness (QED) is 0.501. The van der Waals surface area contributed by atoms with Crippen LogP contribution in [-0.2, 0) is 11.2 Å². The molecule has 0 spiro atoms. The average Bonchev–Trinajstić information content (AvgIpc) is 2.47. The van der Waals surface area contributed by atoms with E-state index in [4.69, 9.17) is 5.73 Å². The van der Waals surface area contributed by atoms with E-state index in [9.17, 15) is 14.9 Å². The number of anilines is 2. The topological polar surface area (TPSA) is 98.3 Å². The van der Waals surface area contributed by atoms with E-state index in [-0.39, 0.29) is 11.6 Å². The van der Waals surface area contributed by atoms with Crippen molar-refractivity contribution in [1.82, 2.24) is 0 Å². The molecule has 0 aromatic heterocycles. The number of nitrogens with two attached hydrogens (primary N) is 1. The van der Waals surface area contributed by atoms with Gasteiger partial charge in [-0.05, 0) is 30.2 Å². The van der Waals surface area contributed by atoms with E-state index in [1.54, 1.807) is 18.2 Å². The molecule has 0 unspecified atom stereocenters. The van der Waals surface area contributed by atoms with Gasteiger partial charge >= 0.3 is 0 Å². The summed E-state index contributed by atoms with van der Waals surface area (Å²) in [5, 5.41) is 13.3. The number of benzene rings is 2. The molecular weight excluding hydrogens is 270 g/mol. The number of nitrogens with one attached hydrogen (secondary N) is 1. The Labute approximate surface area is 121 Å². The van der Waals surface area contributed by atoms with Crippen LogP contribution in [0.4, 0.5) is 17.1 Å². The molecule has 21 heavy (non-hydrogen) atoms. The van der Waals surface area contributed by atoms with Crippen molar-refractivity contribution in [3.63, 3.8) is 0 Å². The Hall–Kier alpha value is -2.89. The summed E-state index contributed by atoms with van der Waals surface area (Å²) in [4.78, 5) is 22.0. The first kappa shape index (κ1) is 14.5. The number of carbonyl (C=O) groups is 1. The number of nitro benzene ring substituents is 1. The lowest BCUT2D eigenvalue weighted by atomic mass is 10.1. The zero-order valence-corrected chi connectivity index (χ0v) is 11.3. The summed E-state index contributed by atoms with van der Waals surface area (Å²) in [6.45, 7) is 0. The zero-order chi connectivity index (χ0) is 15.2. The van der Waals surface area contributed by atoms with Crippen molar-refractivity contribution in [2.24, 2.45) is 0 Å². The molecule has 0 aliphatic heterocycles. The molecule has 108 valence electrons. The normalized spacial score (nSPS) is 10.1. The van der Waals surface area contributed by atoms with Crippen molar-refractivity contribution in [2.45, 2.75) is 12.8 Å². The maximum absolute atomic E-state index is 11.8. The minimum atomic E-state index is -0.496. The Balaban J connectivity index is 1.91. The van der Waals surface area contributed by atoms with Gasteiger partial charge in [0, 0.05) is 29.9 Å². The highest BCUT2D eigenvalue weighted by atomic mass is 16.6. The van der Waals surface area contributed by atoms with Crippen LogP contribution in [-0.4, -0.2) is 10.8 Å². The molecular formula is C15H15N3O3. The number of nitrogens with zero attached hydrogens (tertiary/aromatic N) is 1. The lowest BCUT2D eigenvalue weighted by Gasteiger charge is -2.05. The second kappa shape index (κ2) is 6.51. The summed E-state index contributed by atoms with van der Waals surface area (Å²) < 4.78 is 0. The molecule has 2 aromatic carbocycles. The standard InChI is InChI=1S/C15H15N3O3/c16-12-7-4-11(5-8-12)6-9-15(19)17-13-2-1-3-14(10-13)18(20)21/h1-5,7-8,10H,6,9,16H2,(H,17,19). The molecule has 0 bridgehead atoms. The molecule has 0 saturated heterocycles. The zero-order valence-electron chi connectivity index (χ0n) is 11.3. The molecule has 0 saturated carbocycles. The first-order valence-electron chi connectivity index (χ1n) is 6.43. The highest BCUT2D eigenvalue weighted by molar-refractivity contribution is 5.91. The van der Waals surface area contributed by atoms with Crippen molar-refractivity contribution in [2.75, 3.05) is 11.1 Å². The van der Waals surface area contributed by atoms with Gasteiger partial charge in [0.25, 0.3) is 5.69 Å². The van der Waals surface area contributed by atoms with Gasteiger partial charge in [0.1, 0.15) is 0 Å². The van der Waals surface area contributed by atoms with Gasteiger partial charge in [0.05, 0.1) is 4.92 Å². The highest BCUT2D eigenvalue weighted by Gasteiger charge is 2.08. The van der Waals surface area contributed by atoms with Crippen LogP contribution in [0.5, 0.6) is 0 Å². The highest BCUT2D eigenvalue weighted by Crippen LogP contribution is 2.17. The number of hydrogen-bond donors (Lipinski definition) is 2. The van der Waals surface area contributed by atoms with Gasteiger partial charge in [-0.1, -0.05) is 18.2 Å². The summed E-state index contributed by atoms with van der Waals surface area (Å²) in [5.41, 5.74) is 7.65. The fraction of sp³-hybridized carbons (Fsp3) is 0.133. The molecule has 2 rings (SSSR count). The summed E-state index contributed by atoms with van der Waals surface area (Å²) in [7, 11) is 0. The van der Waals surface area contributed by atoms with Gasteiger partial charge in [0.2, 0.25) is 5.91 Å². The Kier molecular flexibility index (Phi) is 4.50. The van der Waals surface area contributed by atoms with Gasteiger partial charge in [-0.3, -0.25) is 14.9 Å².